The van der Waals surface area contributed by atoms with Crippen LogP contribution in [0, 0.1) is 5.41 Å². The van der Waals surface area contributed by atoms with Crippen LogP contribution in [-0.4, -0.2) is 36.8 Å². The van der Waals surface area contributed by atoms with Crippen LogP contribution in [0.1, 0.15) is 64.7 Å². The minimum absolute atomic E-state index is 0.0739. The second-order valence-electron chi connectivity index (χ2n) is 5.83. The van der Waals surface area contributed by atoms with Crippen LogP contribution >= 0.6 is 0 Å². The monoisotopic (exact) mass is 326 g/mol. The molecule has 0 saturated carbocycles. The van der Waals surface area contributed by atoms with Crippen LogP contribution in [0.3, 0.4) is 0 Å². The van der Waals surface area contributed by atoms with E-state index in [0.29, 0.717) is 25.8 Å². The Morgan fingerprint density at radius 2 is 1.87 bits per heavy atom. The molecule has 0 fully saturated rings. The van der Waals surface area contributed by atoms with E-state index in [0.717, 1.165) is 38.5 Å². The number of unbranched alkanes of at least 4 members (excludes halogenated alkanes) is 3. The Kier molecular flexibility index (Phi) is 13.0. The predicted octanol–water partition coefficient (Wildman–Crippen LogP) is 0.922. The molecule has 133 valence electrons. The van der Waals surface area contributed by atoms with Crippen molar-refractivity contribution in [2.24, 2.45) is 11.5 Å². The Hall–Kier alpha value is -1.63. The first kappa shape index (κ1) is 21.4. The number of rotatable bonds is 14. The molecule has 0 bridgehead atoms. The zero-order chi connectivity index (χ0) is 17.5. The summed E-state index contributed by atoms with van der Waals surface area (Å²) in [5, 5.41) is 12.8. The van der Waals surface area contributed by atoms with Crippen LogP contribution < -0.4 is 22.1 Å². The number of amides is 1. The van der Waals surface area contributed by atoms with Gasteiger partial charge in [-0.2, -0.15) is 0 Å². The van der Waals surface area contributed by atoms with Gasteiger partial charge in [0, 0.05) is 19.0 Å². The Balaban J connectivity index is 4.11. The summed E-state index contributed by atoms with van der Waals surface area (Å²) in [6.45, 7) is 2.66. The van der Waals surface area contributed by atoms with Gasteiger partial charge in [0.2, 0.25) is 5.91 Å². The van der Waals surface area contributed by atoms with E-state index < -0.39 is 6.04 Å². The maximum absolute atomic E-state index is 12.1. The maximum atomic E-state index is 12.1. The van der Waals surface area contributed by atoms with Crippen molar-refractivity contribution in [3.8, 4) is 0 Å². The summed E-state index contributed by atoms with van der Waals surface area (Å²) in [7, 11) is 0. The third-order valence-electron chi connectivity index (χ3n) is 3.68. The maximum Gasteiger partial charge on any atom is 0.237 e. The largest absolute Gasteiger partial charge is 0.370 e. The molecule has 0 rings (SSSR count). The van der Waals surface area contributed by atoms with Gasteiger partial charge in [0.1, 0.15) is 0 Å². The van der Waals surface area contributed by atoms with Crippen LogP contribution in [0.25, 0.3) is 0 Å². The van der Waals surface area contributed by atoms with Crippen molar-refractivity contribution in [3.05, 3.63) is 0 Å². The average Bonchev–Trinajstić information content (AvgIpc) is 2.52. The normalized spacial score (nSPS) is 13.1. The summed E-state index contributed by atoms with van der Waals surface area (Å²) in [6, 6.07) is -0.424. The average molecular weight is 326 g/mol. The van der Waals surface area contributed by atoms with E-state index in [1.165, 1.54) is 0 Å². The van der Waals surface area contributed by atoms with Gasteiger partial charge in [0.05, 0.1) is 6.04 Å². The van der Waals surface area contributed by atoms with Crippen LogP contribution in [0.2, 0.25) is 0 Å². The summed E-state index contributed by atoms with van der Waals surface area (Å²) in [5.41, 5.74) is 11.1. The van der Waals surface area contributed by atoms with Gasteiger partial charge in [-0.1, -0.05) is 26.2 Å². The summed E-state index contributed by atoms with van der Waals surface area (Å²) in [5.74, 6) is -0.203. The molecular formula is C16H32N5O2. The van der Waals surface area contributed by atoms with Gasteiger partial charge in [-0.25, -0.2) is 0 Å². The highest BCUT2D eigenvalue weighted by molar-refractivity contribution is 5.81. The number of hydrogen-bond donors (Lipinski definition) is 5. The van der Waals surface area contributed by atoms with Crippen LogP contribution in [0.4, 0.5) is 0 Å². The predicted molar refractivity (Wildman–Crippen MR) is 92.7 cm³/mol. The van der Waals surface area contributed by atoms with Crippen LogP contribution in [-0.2, 0) is 9.59 Å². The van der Waals surface area contributed by atoms with E-state index in [9.17, 15) is 9.59 Å². The first-order valence-corrected chi connectivity index (χ1v) is 8.50. The molecule has 0 spiro atoms. The highest BCUT2D eigenvalue weighted by atomic mass is 16.2. The van der Waals surface area contributed by atoms with E-state index in [2.05, 4.69) is 17.6 Å². The molecule has 0 heterocycles. The molecule has 2 atom stereocenters. The zero-order valence-electron chi connectivity index (χ0n) is 14.2. The fourth-order valence-corrected chi connectivity index (χ4v) is 2.31. The number of carbonyl (C=O) groups excluding carboxylic acids is 2. The van der Waals surface area contributed by atoms with E-state index in [1.807, 2.05) is 6.29 Å². The fourth-order valence-electron chi connectivity index (χ4n) is 2.31. The SMILES string of the molecule is CCCCC(CCCC[C]=O)NC(=O)C(N)CCCNC(=N)N. The Labute approximate surface area is 139 Å². The highest BCUT2D eigenvalue weighted by Gasteiger charge is 2.17. The first-order chi connectivity index (χ1) is 11.0. The molecule has 0 aromatic heterocycles. The van der Waals surface area contributed by atoms with Crippen molar-refractivity contribution in [1.82, 2.24) is 10.6 Å². The number of hydrogen-bond acceptors (Lipinski definition) is 4. The van der Waals surface area contributed by atoms with Gasteiger partial charge < -0.3 is 22.1 Å². The van der Waals surface area contributed by atoms with Gasteiger partial charge in [0.25, 0.3) is 0 Å². The summed E-state index contributed by atoms with van der Waals surface area (Å²) in [6.07, 6.45) is 9.24. The quantitative estimate of drug-likeness (QED) is 0.184. The molecule has 2 unspecified atom stereocenters. The molecule has 7 heteroatoms. The Bertz CT molecular complexity index is 349. The molecule has 0 aromatic carbocycles. The molecular weight excluding hydrogens is 294 g/mol. The zero-order valence-corrected chi connectivity index (χ0v) is 14.2. The van der Waals surface area contributed by atoms with Gasteiger partial charge in [0.15, 0.2) is 12.2 Å². The second kappa shape index (κ2) is 14.0. The molecule has 0 aliphatic carbocycles. The third kappa shape index (κ3) is 12.6. The number of nitrogens with two attached hydrogens (primary N) is 2. The number of nitrogens with one attached hydrogen (secondary N) is 3. The Morgan fingerprint density at radius 3 is 2.48 bits per heavy atom. The summed E-state index contributed by atoms with van der Waals surface area (Å²) >= 11 is 0. The lowest BCUT2D eigenvalue weighted by atomic mass is 10.0. The molecule has 0 aliphatic heterocycles. The van der Waals surface area contributed by atoms with Gasteiger partial charge >= 0.3 is 0 Å². The molecule has 0 aliphatic rings. The lowest BCUT2D eigenvalue weighted by molar-refractivity contribution is -0.123. The topological polar surface area (TPSA) is 134 Å². The molecule has 7 nitrogen and oxygen atoms in total. The van der Waals surface area contributed by atoms with Gasteiger partial charge in [-0.05, 0) is 32.1 Å². The minimum Gasteiger partial charge on any atom is -0.370 e. The van der Waals surface area contributed by atoms with Gasteiger partial charge in [-0.15, -0.1) is 0 Å². The molecule has 7 N–H and O–H groups in total. The number of carbonyl (C=O) groups is 1. The molecule has 1 amide bonds. The van der Waals surface area contributed by atoms with Crippen molar-refractivity contribution >= 4 is 18.2 Å². The smallest absolute Gasteiger partial charge is 0.237 e. The standard InChI is InChI=1S/C16H32N5O2/c1-2-3-8-13(9-5-4-6-12-22)21-15(23)14(17)10-7-11-20-16(18)19/h13-14H,2-11,17H2,1H3,(H,21,23)(H4,18,19,20). The van der Waals surface area contributed by atoms with Crippen molar-refractivity contribution in [1.29, 1.82) is 5.41 Å². The molecule has 0 aromatic rings. The van der Waals surface area contributed by atoms with Crippen molar-refractivity contribution < 1.29 is 9.59 Å². The van der Waals surface area contributed by atoms with Crippen molar-refractivity contribution in [2.75, 3.05) is 6.54 Å². The van der Waals surface area contributed by atoms with Crippen molar-refractivity contribution in [3.63, 3.8) is 0 Å². The summed E-state index contributed by atoms with van der Waals surface area (Å²) < 4.78 is 0. The van der Waals surface area contributed by atoms with Crippen LogP contribution in [0.15, 0.2) is 0 Å². The third-order valence-corrected chi connectivity index (χ3v) is 3.68. The van der Waals surface area contributed by atoms with E-state index in [4.69, 9.17) is 16.9 Å². The number of guanidine groups is 1. The second-order valence-corrected chi connectivity index (χ2v) is 5.83. The molecule has 23 heavy (non-hydrogen) atoms. The minimum atomic E-state index is -0.545. The highest BCUT2D eigenvalue weighted by Crippen LogP contribution is 2.10. The molecule has 1 radical (unpaired) electrons. The van der Waals surface area contributed by atoms with E-state index >= 15 is 0 Å². The van der Waals surface area contributed by atoms with Crippen LogP contribution in [0.5, 0.6) is 0 Å². The fraction of sp³-hybridized carbons (Fsp3) is 0.812. The lowest BCUT2D eigenvalue weighted by Crippen LogP contribution is -2.45. The molecule has 0 saturated heterocycles. The first-order valence-electron chi connectivity index (χ1n) is 8.50. The van der Waals surface area contributed by atoms with E-state index in [1.54, 1.807) is 0 Å². The lowest BCUT2D eigenvalue weighted by Gasteiger charge is -2.21. The summed E-state index contributed by atoms with van der Waals surface area (Å²) in [4.78, 5) is 22.4. The van der Waals surface area contributed by atoms with E-state index in [-0.39, 0.29) is 17.9 Å². The van der Waals surface area contributed by atoms with Crippen molar-refractivity contribution in [2.45, 2.75) is 76.8 Å². The van der Waals surface area contributed by atoms with Gasteiger partial charge in [-0.3, -0.25) is 15.0 Å². The Morgan fingerprint density at radius 1 is 1.17 bits per heavy atom.